The van der Waals surface area contributed by atoms with Gasteiger partial charge in [-0.05, 0) is 35.4 Å². The lowest BCUT2D eigenvalue weighted by Gasteiger charge is -2.19. The number of benzene rings is 2. The van der Waals surface area contributed by atoms with Gasteiger partial charge in [0.05, 0.1) is 45.8 Å². The van der Waals surface area contributed by atoms with E-state index in [-0.39, 0.29) is 9.83 Å². The summed E-state index contributed by atoms with van der Waals surface area (Å²) < 4.78 is 27.5. The van der Waals surface area contributed by atoms with Crippen LogP contribution in [0.5, 0.6) is 28.7 Å². The normalized spacial score (nSPS) is 17.3. The Morgan fingerprint density at radius 2 is 1.45 bits per heavy atom. The smallest absolute Gasteiger partial charge is 0.345 e. The van der Waals surface area contributed by atoms with Crippen LogP contribution in [0.15, 0.2) is 24.3 Å². The molecule has 11 heteroatoms. The minimum absolute atomic E-state index is 0.126. The molecule has 1 saturated heterocycles. The van der Waals surface area contributed by atoms with Crippen molar-refractivity contribution in [2.24, 2.45) is 0 Å². The Labute approximate surface area is 201 Å². The van der Waals surface area contributed by atoms with Crippen LogP contribution in [0.2, 0.25) is 0 Å². The summed E-state index contributed by atoms with van der Waals surface area (Å²) in [6, 6.07) is 7.00. The molecule has 0 spiro atoms. The first-order valence-electron chi connectivity index (χ1n) is 9.93. The molecule has 1 heterocycles. The summed E-state index contributed by atoms with van der Waals surface area (Å²) in [6.07, 6.45) is 0. The van der Waals surface area contributed by atoms with Gasteiger partial charge < -0.3 is 29.0 Å². The van der Waals surface area contributed by atoms with Gasteiger partial charge in [-0.1, -0.05) is 0 Å². The Bertz CT molecular complexity index is 978. The number of thioether (sulfide) groups is 2. The number of anilines is 1. The van der Waals surface area contributed by atoms with Crippen LogP contribution < -0.4 is 29.0 Å². The molecule has 2 atom stereocenters. The highest BCUT2D eigenvalue weighted by Gasteiger charge is 2.31. The summed E-state index contributed by atoms with van der Waals surface area (Å²) in [7, 11) is 9.06. The number of amides is 2. The number of nitrogens with zero attached hydrogens (tertiary/aromatic N) is 1. The number of ether oxygens (including phenoxy) is 5. The molecule has 1 fully saturated rings. The van der Waals surface area contributed by atoms with Gasteiger partial charge >= 0.3 is 6.03 Å². The van der Waals surface area contributed by atoms with Crippen molar-refractivity contribution in [2.45, 2.75) is 9.83 Å². The van der Waals surface area contributed by atoms with E-state index in [1.54, 1.807) is 52.0 Å². The fourth-order valence-corrected chi connectivity index (χ4v) is 6.71. The zero-order valence-corrected chi connectivity index (χ0v) is 21.0. The molecule has 0 aliphatic carbocycles. The molecular formula is C22H28N2O7S2. The Balaban J connectivity index is 1.91. The Kier molecular flexibility index (Phi) is 8.33. The average Bonchev–Trinajstić information content (AvgIpc) is 3.32. The van der Waals surface area contributed by atoms with Crippen LogP contribution in [0.4, 0.5) is 10.5 Å². The molecule has 3 rings (SSSR count). The SMILES string of the molecule is COc1cc([C@@H]2CS[C@@H](c3cc(OC)c(OC)c(OC)c3)S2)cc(NC(=O)N(C)O)c1OC. The lowest BCUT2D eigenvalue weighted by atomic mass is 10.1. The molecule has 1 aliphatic rings. The highest BCUT2D eigenvalue weighted by Crippen LogP contribution is 2.58. The molecule has 33 heavy (non-hydrogen) atoms. The minimum atomic E-state index is -0.684. The van der Waals surface area contributed by atoms with Crippen LogP contribution in [-0.2, 0) is 0 Å². The van der Waals surface area contributed by atoms with Gasteiger partial charge in [0.15, 0.2) is 23.0 Å². The van der Waals surface area contributed by atoms with E-state index < -0.39 is 6.03 Å². The third-order valence-electron chi connectivity index (χ3n) is 5.05. The number of methoxy groups -OCH3 is 5. The van der Waals surface area contributed by atoms with E-state index >= 15 is 0 Å². The maximum Gasteiger partial charge on any atom is 0.345 e. The van der Waals surface area contributed by atoms with E-state index in [9.17, 15) is 10.0 Å². The van der Waals surface area contributed by atoms with Crippen molar-refractivity contribution in [1.29, 1.82) is 0 Å². The molecule has 9 nitrogen and oxygen atoms in total. The molecule has 2 N–H and O–H groups in total. The van der Waals surface area contributed by atoms with Gasteiger partial charge in [0.25, 0.3) is 0 Å². The second-order valence-electron chi connectivity index (χ2n) is 7.01. The number of carbonyl (C=O) groups excluding carboxylic acids is 1. The van der Waals surface area contributed by atoms with Crippen LogP contribution in [-0.4, -0.2) is 64.7 Å². The van der Waals surface area contributed by atoms with E-state index in [0.29, 0.717) is 39.5 Å². The molecule has 0 saturated carbocycles. The Hall–Kier alpha value is -2.63. The van der Waals surface area contributed by atoms with Crippen molar-refractivity contribution < 1.29 is 33.7 Å². The minimum Gasteiger partial charge on any atom is -0.493 e. The molecule has 0 radical (unpaired) electrons. The number of hydroxylamine groups is 2. The Morgan fingerprint density at radius 3 is 1.97 bits per heavy atom. The molecular weight excluding hydrogens is 468 g/mol. The van der Waals surface area contributed by atoms with E-state index in [2.05, 4.69) is 5.32 Å². The number of nitrogens with one attached hydrogen (secondary N) is 1. The summed E-state index contributed by atoms with van der Waals surface area (Å²) in [5.41, 5.74) is 2.44. The highest BCUT2D eigenvalue weighted by molar-refractivity contribution is 8.19. The predicted octanol–water partition coefficient (Wildman–Crippen LogP) is 4.80. The van der Waals surface area contributed by atoms with Gasteiger partial charge in [0.2, 0.25) is 5.75 Å². The topological polar surface area (TPSA) is 98.7 Å². The molecule has 180 valence electrons. The predicted molar refractivity (Wildman–Crippen MR) is 130 cm³/mol. The van der Waals surface area contributed by atoms with Gasteiger partial charge in [-0.2, -0.15) is 0 Å². The van der Waals surface area contributed by atoms with Crippen LogP contribution in [0.25, 0.3) is 0 Å². The second kappa shape index (κ2) is 11.0. The van der Waals surface area contributed by atoms with Gasteiger partial charge in [-0.3, -0.25) is 5.21 Å². The number of rotatable bonds is 8. The maximum atomic E-state index is 12.0. The van der Waals surface area contributed by atoms with Gasteiger partial charge in [0, 0.05) is 18.1 Å². The summed E-state index contributed by atoms with van der Waals surface area (Å²) in [6.45, 7) is 0. The number of carbonyl (C=O) groups is 1. The van der Waals surface area contributed by atoms with Crippen molar-refractivity contribution in [1.82, 2.24) is 5.06 Å². The number of hydrogen-bond donors (Lipinski definition) is 2. The van der Waals surface area contributed by atoms with E-state index in [1.165, 1.54) is 14.2 Å². The van der Waals surface area contributed by atoms with E-state index in [1.807, 2.05) is 24.3 Å². The van der Waals surface area contributed by atoms with Crippen molar-refractivity contribution in [3.8, 4) is 28.7 Å². The van der Waals surface area contributed by atoms with Crippen LogP contribution in [0.3, 0.4) is 0 Å². The zero-order chi connectivity index (χ0) is 24.1. The summed E-state index contributed by atoms with van der Waals surface area (Å²) in [5.74, 6) is 3.50. The summed E-state index contributed by atoms with van der Waals surface area (Å²) in [4.78, 5) is 12.0. The first kappa shape index (κ1) is 25.0. The Morgan fingerprint density at radius 1 is 0.909 bits per heavy atom. The summed E-state index contributed by atoms with van der Waals surface area (Å²) >= 11 is 3.58. The van der Waals surface area contributed by atoms with Crippen molar-refractivity contribution in [3.05, 3.63) is 35.4 Å². The van der Waals surface area contributed by atoms with Gasteiger partial charge in [-0.25, -0.2) is 9.86 Å². The van der Waals surface area contributed by atoms with E-state index in [4.69, 9.17) is 23.7 Å². The second-order valence-corrected chi connectivity index (χ2v) is 9.76. The van der Waals surface area contributed by atoms with Crippen LogP contribution in [0.1, 0.15) is 21.0 Å². The van der Waals surface area contributed by atoms with E-state index in [0.717, 1.165) is 16.9 Å². The van der Waals surface area contributed by atoms with Gasteiger partial charge in [0.1, 0.15) is 0 Å². The molecule has 0 aromatic heterocycles. The maximum absolute atomic E-state index is 12.0. The van der Waals surface area contributed by atoms with Crippen LogP contribution >= 0.6 is 23.5 Å². The lowest BCUT2D eigenvalue weighted by Crippen LogP contribution is -2.28. The molecule has 2 aromatic rings. The quantitative estimate of drug-likeness (QED) is 0.394. The third kappa shape index (κ3) is 5.31. The number of urea groups is 1. The standard InChI is InChI=1S/C22H28N2O7S2/c1-24(26)22(25)23-14-7-12(8-15(27-2)19(14)30-5)18-11-32-21(33-18)13-9-16(28-3)20(31-6)17(10-13)29-4/h7-10,18,21,26H,11H2,1-6H3,(H,23,25)/t18-,21+/m0/s1. The molecule has 0 bridgehead atoms. The third-order valence-corrected chi connectivity index (χ3v) is 8.39. The first-order valence-corrected chi connectivity index (χ1v) is 11.9. The molecule has 0 unspecified atom stereocenters. The van der Waals surface area contributed by atoms with Crippen LogP contribution in [0, 0.1) is 0 Å². The molecule has 1 aliphatic heterocycles. The number of hydrogen-bond acceptors (Lipinski definition) is 9. The van der Waals surface area contributed by atoms with Crippen molar-refractivity contribution in [2.75, 3.05) is 53.7 Å². The van der Waals surface area contributed by atoms with Crippen molar-refractivity contribution in [3.63, 3.8) is 0 Å². The first-order chi connectivity index (χ1) is 15.9. The monoisotopic (exact) mass is 496 g/mol. The molecule has 2 amide bonds. The zero-order valence-electron chi connectivity index (χ0n) is 19.3. The highest BCUT2D eigenvalue weighted by atomic mass is 32.2. The lowest BCUT2D eigenvalue weighted by molar-refractivity contribution is -0.0118. The van der Waals surface area contributed by atoms with Gasteiger partial charge in [-0.15, -0.1) is 23.5 Å². The molecule has 2 aromatic carbocycles. The summed E-state index contributed by atoms with van der Waals surface area (Å²) in [5, 5.41) is 12.7. The fourth-order valence-electron chi connectivity index (χ4n) is 3.45. The van der Waals surface area contributed by atoms with Crippen molar-refractivity contribution >= 4 is 35.2 Å². The average molecular weight is 497 g/mol. The largest absolute Gasteiger partial charge is 0.493 e. The fraction of sp³-hybridized carbons (Fsp3) is 0.409.